The van der Waals surface area contributed by atoms with E-state index in [1.165, 1.54) is 12.1 Å². The Kier molecular flexibility index (Phi) is 4.87. The van der Waals surface area contributed by atoms with Crippen molar-refractivity contribution in [2.75, 3.05) is 4.72 Å². The van der Waals surface area contributed by atoms with Crippen LogP contribution in [-0.2, 0) is 16.4 Å². The lowest BCUT2D eigenvalue weighted by Crippen LogP contribution is -2.13. The van der Waals surface area contributed by atoms with E-state index < -0.39 is 15.8 Å². The standard InChI is InChI=1S/C17H17ClN2O4S/c1-2-3-4-11-5-7-12(8-6-11)20-25(22,23)16-10-15-14(9-13(16)18)19-17(21)24-15/h5-10,20H,2-4H2,1H3,(H,19,21). The fourth-order valence-corrected chi connectivity index (χ4v) is 4.09. The number of aryl methyl sites for hydroxylation is 1. The van der Waals surface area contributed by atoms with Crippen LogP contribution in [0.1, 0.15) is 25.3 Å². The summed E-state index contributed by atoms with van der Waals surface area (Å²) < 4.78 is 32.6. The third-order valence-electron chi connectivity index (χ3n) is 3.79. The van der Waals surface area contributed by atoms with Gasteiger partial charge in [0.2, 0.25) is 0 Å². The Morgan fingerprint density at radius 3 is 2.60 bits per heavy atom. The molecule has 0 radical (unpaired) electrons. The summed E-state index contributed by atoms with van der Waals surface area (Å²) in [5.41, 5.74) is 2.06. The second kappa shape index (κ2) is 6.93. The van der Waals surface area contributed by atoms with E-state index in [9.17, 15) is 13.2 Å². The van der Waals surface area contributed by atoms with Crippen molar-refractivity contribution in [1.82, 2.24) is 4.98 Å². The van der Waals surface area contributed by atoms with Gasteiger partial charge in [-0.15, -0.1) is 0 Å². The molecule has 0 bridgehead atoms. The van der Waals surface area contributed by atoms with Crippen LogP contribution in [0, 0.1) is 0 Å². The highest BCUT2D eigenvalue weighted by atomic mass is 35.5. The molecule has 1 aromatic heterocycles. The Bertz CT molecular complexity index is 1050. The van der Waals surface area contributed by atoms with Crippen molar-refractivity contribution in [2.24, 2.45) is 0 Å². The molecule has 0 aliphatic carbocycles. The predicted molar refractivity (Wildman–Crippen MR) is 97.7 cm³/mol. The predicted octanol–water partition coefficient (Wildman–Crippen LogP) is 3.92. The highest BCUT2D eigenvalue weighted by Crippen LogP contribution is 2.28. The van der Waals surface area contributed by atoms with E-state index >= 15 is 0 Å². The molecule has 6 nitrogen and oxygen atoms in total. The van der Waals surface area contributed by atoms with Gasteiger partial charge in [0.05, 0.1) is 10.5 Å². The maximum Gasteiger partial charge on any atom is 0.417 e. The number of hydrogen-bond donors (Lipinski definition) is 2. The van der Waals surface area contributed by atoms with Crippen LogP contribution in [0.3, 0.4) is 0 Å². The second-order valence-corrected chi connectivity index (χ2v) is 7.76. The number of fused-ring (bicyclic) bond motifs is 1. The summed E-state index contributed by atoms with van der Waals surface area (Å²) >= 11 is 6.06. The molecule has 8 heteroatoms. The number of aromatic amines is 1. The molecule has 3 rings (SSSR count). The molecule has 0 unspecified atom stereocenters. The van der Waals surface area contributed by atoms with Crippen LogP contribution in [-0.4, -0.2) is 13.4 Å². The van der Waals surface area contributed by atoms with Gasteiger partial charge in [-0.1, -0.05) is 37.1 Å². The van der Waals surface area contributed by atoms with Crippen molar-refractivity contribution in [3.05, 3.63) is 57.5 Å². The van der Waals surface area contributed by atoms with Crippen molar-refractivity contribution >= 4 is 38.4 Å². The smallest absolute Gasteiger partial charge is 0.408 e. The molecule has 0 spiro atoms. The summed E-state index contributed by atoms with van der Waals surface area (Å²) in [7, 11) is -3.91. The van der Waals surface area contributed by atoms with Gasteiger partial charge in [0.15, 0.2) is 5.58 Å². The number of aromatic nitrogens is 1. The molecule has 0 aliphatic heterocycles. The van der Waals surface area contributed by atoms with Crippen LogP contribution in [0.4, 0.5) is 5.69 Å². The minimum Gasteiger partial charge on any atom is -0.408 e. The fraction of sp³-hybridized carbons (Fsp3) is 0.235. The lowest BCUT2D eigenvalue weighted by atomic mass is 10.1. The minimum atomic E-state index is -3.91. The number of halogens is 1. The topological polar surface area (TPSA) is 92.2 Å². The maximum atomic E-state index is 12.6. The van der Waals surface area contributed by atoms with Gasteiger partial charge in [0.1, 0.15) is 4.90 Å². The van der Waals surface area contributed by atoms with Crippen LogP contribution >= 0.6 is 11.6 Å². The van der Waals surface area contributed by atoms with Crippen LogP contribution < -0.4 is 10.5 Å². The lowest BCUT2D eigenvalue weighted by Gasteiger charge is -2.10. The molecule has 3 aromatic rings. The molecule has 0 aliphatic rings. The molecule has 0 saturated heterocycles. The van der Waals surface area contributed by atoms with Gasteiger partial charge < -0.3 is 4.42 Å². The van der Waals surface area contributed by atoms with Crippen molar-refractivity contribution in [2.45, 2.75) is 31.1 Å². The average molecular weight is 381 g/mol. The van der Waals surface area contributed by atoms with E-state index in [0.717, 1.165) is 24.8 Å². The van der Waals surface area contributed by atoms with Gasteiger partial charge in [-0.05, 0) is 36.6 Å². The van der Waals surface area contributed by atoms with E-state index in [2.05, 4.69) is 16.6 Å². The number of unbranched alkanes of at least 4 members (excludes halogenated alkanes) is 1. The van der Waals surface area contributed by atoms with E-state index in [-0.39, 0.29) is 15.5 Å². The molecular formula is C17H17ClN2O4S. The van der Waals surface area contributed by atoms with Gasteiger partial charge in [-0.3, -0.25) is 9.71 Å². The number of sulfonamides is 1. The number of oxazole rings is 1. The zero-order valence-corrected chi connectivity index (χ0v) is 15.1. The number of anilines is 1. The first-order chi connectivity index (χ1) is 11.9. The van der Waals surface area contributed by atoms with Crippen molar-refractivity contribution in [1.29, 1.82) is 0 Å². The van der Waals surface area contributed by atoms with Crippen molar-refractivity contribution < 1.29 is 12.8 Å². The van der Waals surface area contributed by atoms with E-state index in [1.54, 1.807) is 12.1 Å². The second-order valence-electron chi connectivity index (χ2n) is 5.70. The molecule has 2 N–H and O–H groups in total. The Morgan fingerprint density at radius 2 is 1.92 bits per heavy atom. The van der Waals surface area contributed by atoms with Crippen LogP contribution in [0.5, 0.6) is 0 Å². The molecule has 132 valence electrons. The number of H-pyrrole nitrogens is 1. The summed E-state index contributed by atoms with van der Waals surface area (Å²) in [5, 5.41) is -0.00313. The van der Waals surface area contributed by atoms with Gasteiger partial charge in [0, 0.05) is 11.8 Å². The first-order valence-electron chi connectivity index (χ1n) is 7.83. The summed E-state index contributed by atoms with van der Waals surface area (Å²) in [6, 6.07) is 9.79. The summed E-state index contributed by atoms with van der Waals surface area (Å²) in [6.45, 7) is 2.12. The molecule has 0 atom stereocenters. The third-order valence-corrected chi connectivity index (χ3v) is 5.63. The monoisotopic (exact) mass is 380 g/mol. The zero-order valence-electron chi connectivity index (χ0n) is 13.5. The number of rotatable bonds is 6. The summed E-state index contributed by atoms with van der Waals surface area (Å²) in [6.07, 6.45) is 3.14. The van der Waals surface area contributed by atoms with Gasteiger partial charge in [0.25, 0.3) is 10.0 Å². The SMILES string of the molecule is CCCCc1ccc(NS(=O)(=O)c2cc3oc(=O)[nH]c3cc2Cl)cc1. The first kappa shape index (κ1) is 17.6. The number of hydrogen-bond acceptors (Lipinski definition) is 4. The van der Waals surface area contributed by atoms with Crippen LogP contribution in [0.25, 0.3) is 11.1 Å². The lowest BCUT2D eigenvalue weighted by molar-refractivity contribution is 0.554. The van der Waals surface area contributed by atoms with Crippen molar-refractivity contribution in [3.63, 3.8) is 0 Å². The van der Waals surface area contributed by atoms with Gasteiger partial charge >= 0.3 is 5.76 Å². The van der Waals surface area contributed by atoms with Gasteiger partial charge in [-0.2, -0.15) is 0 Å². The van der Waals surface area contributed by atoms with Crippen LogP contribution in [0.2, 0.25) is 5.02 Å². The molecule has 0 amide bonds. The highest BCUT2D eigenvalue weighted by Gasteiger charge is 2.20. The summed E-state index contributed by atoms with van der Waals surface area (Å²) in [5.74, 6) is -0.670. The molecule has 1 heterocycles. The van der Waals surface area contributed by atoms with E-state index in [4.69, 9.17) is 16.0 Å². The van der Waals surface area contributed by atoms with E-state index in [0.29, 0.717) is 11.2 Å². The first-order valence-corrected chi connectivity index (χ1v) is 9.69. The van der Waals surface area contributed by atoms with Gasteiger partial charge in [-0.25, -0.2) is 13.2 Å². The number of benzene rings is 2. The van der Waals surface area contributed by atoms with Crippen LogP contribution in [0.15, 0.2) is 50.5 Å². The van der Waals surface area contributed by atoms with Crippen molar-refractivity contribution in [3.8, 4) is 0 Å². The fourth-order valence-electron chi connectivity index (χ4n) is 2.49. The Balaban J connectivity index is 1.88. The average Bonchev–Trinajstić information content (AvgIpc) is 2.92. The highest BCUT2D eigenvalue weighted by molar-refractivity contribution is 7.92. The van der Waals surface area contributed by atoms with E-state index in [1.807, 2.05) is 12.1 Å². The Morgan fingerprint density at radius 1 is 1.20 bits per heavy atom. The normalized spacial score (nSPS) is 11.8. The quantitative estimate of drug-likeness (QED) is 0.677. The maximum absolute atomic E-state index is 12.6. The largest absolute Gasteiger partial charge is 0.417 e. The molecule has 0 saturated carbocycles. The molecule has 0 fully saturated rings. The zero-order chi connectivity index (χ0) is 18.0. The third kappa shape index (κ3) is 3.88. The molecule has 25 heavy (non-hydrogen) atoms. The molecule has 2 aromatic carbocycles. The minimum absolute atomic E-state index is 0.00313. The number of nitrogens with one attached hydrogen (secondary N) is 2. The Hall–Kier alpha value is -2.25. The Labute approximate surface area is 149 Å². The molecular weight excluding hydrogens is 364 g/mol. The summed E-state index contributed by atoms with van der Waals surface area (Å²) in [4.78, 5) is 13.5.